The Morgan fingerprint density at radius 3 is 2.50 bits per heavy atom. The summed E-state index contributed by atoms with van der Waals surface area (Å²) in [6.45, 7) is 6.51. The van der Waals surface area contributed by atoms with Gasteiger partial charge < -0.3 is 10.1 Å². The Balaban J connectivity index is 2.15. The van der Waals surface area contributed by atoms with Crippen LogP contribution in [0.5, 0.6) is 0 Å². The summed E-state index contributed by atoms with van der Waals surface area (Å²) >= 11 is 0. The van der Waals surface area contributed by atoms with E-state index in [0.717, 1.165) is 13.2 Å². The zero-order valence-corrected chi connectivity index (χ0v) is 12.5. The Kier molecular flexibility index (Phi) is 9.59. The summed E-state index contributed by atoms with van der Waals surface area (Å²) in [5.74, 6) is 0. The molecule has 1 aliphatic carbocycles. The van der Waals surface area contributed by atoms with Crippen LogP contribution < -0.4 is 5.32 Å². The Hall–Kier alpha value is -0.0800. The Labute approximate surface area is 114 Å². The molecule has 1 N–H and O–H groups in total. The molecule has 0 heterocycles. The first kappa shape index (κ1) is 16.0. The summed E-state index contributed by atoms with van der Waals surface area (Å²) in [7, 11) is 0. The van der Waals surface area contributed by atoms with Gasteiger partial charge in [0.15, 0.2) is 0 Å². The van der Waals surface area contributed by atoms with Crippen LogP contribution in [-0.2, 0) is 4.74 Å². The molecule has 0 saturated heterocycles. The van der Waals surface area contributed by atoms with Crippen molar-refractivity contribution in [2.24, 2.45) is 0 Å². The molecule has 1 fully saturated rings. The molecular weight excluding hydrogens is 222 g/mol. The van der Waals surface area contributed by atoms with Crippen LogP contribution in [-0.4, -0.2) is 25.3 Å². The van der Waals surface area contributed by atoms with Gasteiger partial charge in [0, 0.05) is 12.6 Å². The molecule has 2 heteroatoms. The van der Waals surface area contributed by atoms with Crippen molar-refractivity contribution >= 4 is 0 Å². The van der Waals surface area contributed by atoms with Crippen molar-refractivity contribution in [2.45, 2.75) is 90.2 Å². The highest BCUT2D eigenvalue weighted by Crippen LogP contribution is 2.21. The number of nitrogens with one attached hydrogen (secondary N) is 1. The van der Waals surface area contributed by atoms with Gasteiger partial charge in [-0.15, -0.1) is 0 Å². The molecule has 0 amide bonds. The number of hydrogen-bond acceptors (Lipinski definition) is 2. The average molecular weight is 255 g/mol. The maximum Gasteiger partial charge on any atom is 0.0728 e. The minimum Gasteiger partial charge on any atom is -0.377 e. The van der Waals surface area contributed by atoms with Crippen LogP contribution in [0.1, 0.15) is 78.1 Å². The van der Waals surface area contributed by atoms with E-state index < -0.39 is 0 Å². The number of rotatable bonds is 9. The molecule has 0 aromatic carbocycles. The fourth-order valence-electron chi connectivity index (χ4n) is 2.91. The first-order valence-electron chi connectivity index (χ1n) is 8.23. The molecular formula is C16H33NO. The van der Waals surface area contributed by atoms with Crippen LogP contribution in [0.4, 0.5) is 0 Å². The van der Waals surface area contributed by atoms with Crippen LogP contribution >= 0.6 is 0 Å². The van der Waals surface area contributed by atoms with E-state index in [9.17, 15) is 0 Å². The summed E-state index contributed by atoms with van der Waals surface area (Å²) in [4.78, 5) is 0. The van der Waals surface area contributed by atoms with Crippen molar-refractivity contribution in [1.82, 2.24) is 5.32 Å². The highest BCUT2D eigenvalue weighted by atomic mass is 16.5. The van der Waals surface area contributed by atoms with E-state index in [0.29, 0.717) is 12.1 Å². The van der Waals surface area contributed by atoms with Gasteiger partial charge in [0.05, 0.1) is 6.10 Å². The van der Waals surface area contributed by atoms with Crippen molar-refractivity contribution in [2.75, 3.05) is 13.2 Å². The summed E-state index contributed by atoms with van der Waals surface area (Å²) in [5, 5.41) is 3.61. The summed E-state index contributed by atoms with van der Waals surface area (Å²) in [6.07, 6.45) is 13.8. The molecule has 2 nitrogen and oxygen atoms in total. The predicted molar refractivity (Wildman–Crippen MR) is 79.0 cm³/mol. The molecule has 0 aliphatic heterocycles. The quantitative estimate of drug-likeness (QED) is 0.490. The molecule has 0 spiro atoms. The molecule has 0 bridgehead atoms. The first-order chi connectivity index (χ1) is 8.88. The van der Waals surface area contributed by atoms with Gasteiger partial charge in [0.2, 0.25) is 0 Å². The SMILES string of the molecule is CCCCCCCOC1CCCCCC1NCC. The van der Waals surface area contributed by atoms with Crippen molar-refractivity contribution < 1.29 is 4.74 Å². The minimum absolute atomic E-state index is 0.471. The van der Waals surface area contributed by atoms with Gasteiger partial charge in [-0.1, -0.05) is 58.8 Å². The van der Waals surface area contributed by atoms with Gasteiger partial charge in [0.25, 0.3) is 0 Å². The third-order valence-corrected chi connectivity index (χ3v) is 4.00. The van der Waals surface area contributed by atoms with E-state index in [2.05, 4.69) is 19.2 Å². The second-order valence-corrected chi connectivity index (χ2v) is 5.63. The van der Waals surface area contributed by atoms with E-state index in [1.807, 2.05) is 0 Å². The molecule has 108 valence electrons. The summed E-state index contributed by atoms with van der Waals surface area (Å²) in [6, 6.07) is 0.605. The van der Waals surface area contributed by atoms with E-state index in [4.69, 9.17) is 4.74 Å². The lowest BCUT2D eigenvalue weighted by Gasteiger charge is -2.26. The van der Waals surface area contributed by atoms with Crippen molar-refractivity contribution in [3.63, 3.8) is 0 Å². The Morgan fingerprint density at radius 2 is 1.72 bits per heavy atom. The summed E-state index contributed by atoms with van der Waals surface area (Å²) in [5.41, 5.74) is 0. The predicted octanol–water partition coefficient (Wildman–Crippen LogP) is 4.28. The molecule has 0 aromatic rings. The topological polar surface area (TPSA) is 21.3 Å². The third kappa shape index (κ3) is 6.75. The van der Waals surface area contributed by atoms with Gasteiger partial charge in [0.1, 0.15) is 0 Å². The normalized spacial score (nSPS) is 25.0. The van der Waals surface area contributed by atoms with E-state index >= 15 is 0 Å². The lowest BCUT2D eigenvalue weighted by molar-refractivity contribution is 0.0204. The number of hydrogen-bond donors (Lipinski definition) is 1. The zero-order valence-electron chi connectivity index (χ0n) is 12.5. The molecule has 18 heavy (non-hydrogen) atoms. The maximum absolute atomic E-state index is 6.15. The van der Waals surface area contributed by atoms with E-state index in [-0.39, 0.29) is 0 Å². The zero-order chi connectivity index (χ0) is 13.1. The van der Waals surface area contributed by atoms with Gasteiger partial charge in [-0.2, -0.15) is 0 Å². The first-order valence-corrected chi connectivity index (χ1v) is 8.23. The average Bonchev–Trinajstić information content (AvgIpc) is 2.60. The lowest BCUT2D eigenvalue weighted by Crippen LogP contribution is -2.40. The summed E-state index contributed by atoms with van der Waals surface area (Å²) < 4.78 is 6.15. The van der Waals surface area contributed by atoms with Crippen molar-refractivity contribution in [3.05, 3.63) is 0 Å². The Morgan fingerprint density at radius 1 is 0.944 bits per heavy atom. The lowest BCUT2D eigenvalue weighted by atomic mass is 10.1. The van der Waals surface area contributed by atoms with Crippen LogP contribution in [0.25, 0.3) is 0 Å². The third-order valence-electron chi connectivity index (χ3n) is 4.00. The largest absolute Gasteiger partial charge is 0.377 e. The Bertz CT molecular complexity index is 184. The molecule has 0 radical (unpaired) electrons. The van der Waals surface area contributed by atoms with Gasteiger partial charge >= 0.3 is 0 Å². The highest BCUT2D eigenvalue weighted by molar-refractivity contribution is 4.79. The minimum atomic E-state index is 0.471. The molecule has 2 atom stereocenters. The molecule has 1 rings (SSSR count). The molecule has 1 aliphatic rings. The number of likely N-dealkylation sites (N-methyl/N-ethyl adjacent to an activating group) is 1. The van der Waals surface area contributed by atoms with Crippen LogP contribution in [0.15, 0.2) is 0 Å². The monoisotopic (exact) mass is 255 g/mol. The second kappa shape index (κ2) is 10.8. The van der Waals surface area contributed by atoms with Crippen molar-refractivity contribution in [3.8, 4) is 0 Å². The smallest absolute Gasteiger partial charge is 0.0728 e. The fourth-order valence-corrected chi connectivity index (χ4v) is 2.91. The maximum atomic E-state index is 6.15. The van der Waals surface area contributed by atoms with Crippen LogP contribution in [0.3, 0.4) is 0 Å². The molecule has 1 saturated carbocycles. The second-order valence-electron chi connectivity index (χ2n) is 5.63. The van der Waals surface area contributed by atoms with E-state index in [1.54, 1.807) is 0 Å². The van der Waals surface area contributed by atoms with Gasteiger partial charge in [-0.3, -0.25) is 0 Å². The molecule has 0 aromatic heterocycles. The van der Waals surface area contributed by atoms with Crippen LogP contribution in [0.2, 0.25) is 0 Å². The van der Waals surface area contributed by atoms with Gasteiger partial charge in [-0.25, -0.2) is 0 Å². The van der Waals surface area contributed by atoms with Crippen molar-refractivity contribution in [1.29, 1.82) is 0 Å². The van der Waals surface area contributed by atoms with Crippen LogP contribution in [0, 0.1) is 0 Å². The number of unbranched alkanes of at least 4 members (excludes halogenated alkanes) is 4. The fraction of sp³-hybridized carbons (Fsp3) is 1.00. The van der Waals surface area contributed by atoms with E-state index in [1.165, 1.54) is 64.2 Å². The standard InChI is InChI=1S/C16H33NO/c1-3-5-6-7-11-14-18-16-13-10-8-9-12-15(16)17-4-2/h15-17H,3-14H2,1-2H3. The highest BCUT2D eigenvalue weighted by Gasteiger charge is 2.23. The van der Waals surface area contributed by atoms with Gasteiger partial charge in [-0.05, 0) is 25.8 Å². The molecule has 2 unspecified atom stereocenters. The number of ether oxygens (including phenoxy) is 1.